The lowest BCUT2D eigenvalue weighted by molar-refractivity contribution is 1.49. The van der Waals surface area contributed by atoms with Gasteiger partial charge in [0.05, 0.1) is 25.3 Å². The fourth-order valence-corrected chi connectivity index (χ4v) is 12.5. The van der Waals surface area contributed by atoms with E-state index in [1.165, 1.54) is 75.4 Å². The molecule has 0 saturated heterocycles. The molecule has 0 unspecified atom stereocenters. The van der Waals surface area contributed by atoms with Crippen LogP contribution in [-0.2, 0) is 0 Å². The van der Waals surface area contributed by atoms with Crippen LogP contribution in [0.2, 0.25) is 0 Å². The van der Waals surface area contributed by atoms with Gasteiger partial charge in [0.2, 0.25) is 0 Å². The van der Waals surface area contributed by atoms with Crippen molar-refractivity contribution in [1.29, 1.82) is 10.5 Å². The Hall–Kier alpha value is -9.58. The highest BCUT2D eigenvalue weighted by atomic mass is 14.7. The summed E-state index contributed by atoms with van der Waals surface area (Å²) in [5.41, 5.74) is 5.07. The lowest BCUT2D eigenvalue weighted by Gasteiger charge is -2.17. The minimum atomic E-state index is 0.406. The number of nitrogens with zero attached hydrogens (tertiary/aromatic N) is 4. The summed E-state index contributed by atoms with van der Waals surface area (Å²) in [5.74, 6) is 0. The third-order valence-corrected chi connectivity index (χ3v) is 14.9. The molecule has 15 aromatic rings. The van der Waals surface area contributed by atoms with Crippen LogP contribution in [0.3, 0.4) is 0 Å². The summed E-state index contributed by atoms with van der Waals surface area (Å²) in [5, 5.41) is 47.6. The van der Waals surface area contributed by atoms with Gasteiger partial charge in [-0.2, -0.15) is 10.5 Å². The number of hydrogen-bond donors (Lipinski definition) is 0. The first-order valence-electron chi connectivity index (χ1n) is 21.9. The number of fused-ring (bicyclic) bond motifs is 10. The van der Waals surface area contributed by atoms with Crippen molar-refractivity contribution in [2.45, 2.75) is 0 Å². The average Bonchev–Trinajstić information content (AvgIpc) is 3.89. The second-order valence-corrected chi connectivity index (χ2v) is 17.7. The van der Waals surface area contributed by atoms with E-state index in [9.17, 15) is 10.5 Å². The molecule has 0 heterocycles. The van der Waals surface area contributed by atoms with E-state index in [1.807, 2.05) is 24.3 Å². The molecule has 0 aliphatic heterocycles. The zero-order valence-corrected chi connectivity index (χ0v) is 34.8. The van der Waals surface area contributed by atoms with E-state index in [1.54, 1.807) is 12.1 Å². The van der Waals surface area contributed by atoms with Crippen molar-refractivity contribution in [2.24, 2.45) is 0 Å². The monoisotopic (exact) mass is 826 g/mol. The molecule has 0 fully saturated rings. The highest BCUT2D eigenvalue weighted by Gasteiger charge is 2.31. The Labute approximate surface area is 375 Å². The quantitative estimate of drug-likeness (QED) is 0.0990. The first-order valence-corrected chi connectivity index (χ1v) is 21.9. The number of hydrogen-bond acceptors (Lipinski definition) is 2. The van der Waals surface area contributed by atoms with Crippen molar-refractivity contribution in [3.8, 4) is 34.4 Å². The fraction of sp³-hybridized carbons (Fsp3) is 0. The normalized spacial score (nSPS) is 12.2. The standard InChI is InChI=1S/C62H26N4/c1-65-49-27-31(29-63)15-17-43(49)57-59-45-23-19-39-35-11-3-7-33-9-5-13-37(51(33)35)41-21-25-47(55(45)53(39)41)61(59)58(44-18-16-32(30-64)28-50(44)66-2)62-48-26-22-42-38-14-6-10-34-8-4-12-36(52(34)38)40-20-24-46(60(57)62)56(48)54(40)42/h3-28H. The summed E-state index contributed by atoms with van der Waals surface area (Å²) in [4.78, 5) is 8.31. The Morgan fingerprint density at radius 3 is 0.894 bits per heavy atom. The molecule has 0 bridgehead atoms. The molecule has 294 valence electrons. The first kappa shape index (κ1) is 34.9. The van der Waals surface area contributed by atoms with Gasteiger partial charge < -0.3 is 0 Å². The molecule has 0 radical (unpaired) electrons. The smallest absolute Gasteiger partial charge is 0.196 e. The molecule has 15 aromatic carbocycles. The zero-order valence-electron chi connectivity index (χ0n) is 34.8. The molecule has 15 rings (SSSR count). The van der Waals surface area contributed by atoms with Gasteiger partial charge in [-0.05, 0) is 176 Å². The molecule has 0 amide bonds. The van der Waals surface area contributed by atoms with Crippen LogP contribution in [0.25, 0.3) is 161 Å². The SMILES string of the molecule is [C-]#[N+]c1cc(C#N)ccc1-c1c2c3ccc4c5cccc6cccc(c7ccc(c2c(-c2ccc(C#N)cc2[N+]#[C-])c2c8ccc9c%10cccc%11cccc(c%12ccc(c12)c8c%129)c%11%10)c3c47)c65. The second-order valence-electron chi connectivity index (χ2n) is 17.7. The van der Waals surface area contributed by atoms with Crippen LogP contribution in [-0.4, -0.2) is 0 Å². The van der Waals surface area contributed by atoms with E-state index in [2.05, 4.69) is 143 Å². The molecular formula is C62H26N4. The van der Waals surface area contributed by atoms with E-state index in [0.717, 1.165) is 76.1 Å². The maximum atomic E-state index is 10.1. The Morgan fingerprint density at radius 2 is 0.591 bits per heavy atom. The van der Waals surface area contributed by atoms with E-state index in [-0.39, 0.29) is 0 Å². The topological polar surface area (TPSA) is 56.3 Å². The highest BCUT2D eigenvalue weighted by Crippen LogP contribution is 2.60. The van der Waals surface area contributed by atoms with Crippen LogP contribution >= 0.6 is 0 Å². The van der Waals surface area contributed by atoms with Gasteiger partial charge in [-0.3, -0.25) is 0 Å². The summed E-state index contributed by atoms with van der Waals surface area (Å²) < 4.78 is 0. The zero-order chi connectivity index (χ0) is 43.7. The largest absolute Gasteiger partial charge is 0.237 e. The Bertz CT molecular complexity index is 4390. The number of benzene rings is 13. The van der Waals surface area contributed by atoms with Gasteiger partial charge in [-0.1, -0.05) is 133 Å². The molecule has 4 heteroatoms. The van der Waals surface area contributed by atoms with Crippen LogP contribution in [0.5, 0.6) is 0 Å². The van der Waals surface area contributed by atoms with Crippen LogP contribution in [0.15, 0.2) is 158 Å². The van der Waals surface area contributed by atoms with Crippen molar-refractivity contribution in [3.05, 3.63) is 192 Å². The maximum Gasteiger partial charge on any atom is 0.196 e. The van der Waals surface area contributed by atoms with E-state index in [4.69, 9.17) is 13.1 Å². The molecule has 0 spiro atoms. The van der Waals surface area contributed by atoms with E-state index in [0.29, 0.717) is 22.5 Å². The Morgan fingerprint density at radius 1 is 0.303 bits per heavy atom. The lowest BCUT2D eigenvalue weighted by atomic mass is 9.86. The van der Waals surface area contributed by atoms with E-state index < -0.39 is 0 Å². The third kappa shape index (κ3) is 4.03. The average molecular weight is 827 g/mol. The molecule has 0 aromatic heterocycles. The lowest BCUT2D eigenvalue weighted by Crippen LogP contribution is -1.90. The van der Waals surface area contributed by atoms with Gasteiger partial charge in [0.1, 0.15) is 0 Å². The summed E-state index contributed by atoms with van der Waals surface area (Å²) in [6.07, 6.45) is 0. The molecule has 0 N–H and O–H groups in total. The van der Waals surface area contributed by atoms with Crippen LogP contribution in [0, 0.1) is 35.8 Å². The van der Waals surface area contributed by atoms with Crippen LogP contribution < -0.4 is 0 Å². The second kappa shape index (κ2) is 12.1. The molecule has 0 saturated carbocycles. The predicted molar refractivity (Wildman–Crippen MR) is 274 cm³/mol. The maximum absolute atomic E-state index is 10.1. The summed E-state index contributed by atoms with van der Waals surface area (Å²) in [7, 11) is 0. The molecular weight excluding hydrogens is 801 g/mol. The molecule has 0 aliphatic carbocycles. The summed E-state index contributed by atoms with van der Waals surface area (Å²) >= 11 is 0. The Balaban J connectivity index is 1.27. The summed E-state index contributed by atoms with van der Waals surface area (Å²) in [6.45, 7) is 17.3. The summed E-state index contributed by atoms with van der Waals surface area (Å²) in [6, 6.07) is 60.1. The fourth-order valence-electron chi connectivity index (χ4n) is 12.5. The third-order valence-electron chi connectivity index (χ3n) is 14.9. The highest BCUT2D eigenvalue weighted by molar-refractivity contribution is 6.51. The minimum Gasteiger partial charge on any atom is -0.237 e. The van der Waals surface area contributed by atoms with E-state index >= 15 is 0 Å². The predicted octanol–water partition coefficient (Wildman–Crippen LogP) is 17.5. The van der Waals surface area contributed by atoms with Gasteiger partial charge in [0.15, 0.2) is 11.4 Å². The van der Waals surface area contributed by atoms with Crippen molar-refractivity contribution < 1.29 is 0 Å². The van der Waals surface area contributed by atoms with Crippen molar-refractivity contribution >= 4 is 141 Å². The minimum absolute atomic E-state index is 0.406. The van der Waals surface area contributed by atoms with Crippen molar-refractivity contribution in [2.75, 3.05) is 0 Å². The molecule has 0 atom stereocenters. The van der Waals surface area contributed by atoms with Gasteiger partial charge in [-0.15, -0.1) is 0 Å². The van der Waals surface area contributed by atoms with Crippen LogP contribution in [0.1, 0.15) is 11.1 Å². The van der Waals surface area contributed by atoms with Gasteiger partial charge in [-0.25, -0.2) is 9.69 Å². The number of nitriles is 2. The molecule has 0 aliphatic rings. The molecule has 4 nitrogen and oxygen atoms in total. The van der Waals surface area contributed by atoms with Crippen LogP contribution in [0.4, 0.5) is 11.4 Å². The van der Waals surface area contributed by atoms with Crippen molar-refractivity contribution in [1.82, 2.24) is 0 Å². The van der Waals surface area contributed by atoms with Gasteiger partial charge in [0, 0.05) is 11.1 Å². The molecule has 66 heavy (non-hydrogen) atoms. The van der Waals surface area contributed by atoms with Gasteiger partial charge >= 0.3 is 0 Å². The Kier molecular flexibility index (Phi) is 6.41. The number of rotatable bonds is 2. The van der Waals surface area contributed by atoms with Crippen molar-refractivity contribution in [3.63, 3.8) is 0 Å². The first-order chi connectivity index (χ1) is 32.6. The van der Waals surface area contributed by atoms with Gasteiger partial charge in [0.25, 0.3) is 0 Å².